The van der Waals surface area contributed by atoms with Crippen LogP contribution in [0.15, 0.2) is 60.7 Å². The molecule has 0 spiro atoms. The number of fused-ring (bicyclic) bond motifs is 2. The highest BCUT2D eigenvalue weighted by Gasteiger charge is 2.30. The van der Waals surface area contributed by atoms with Crippen molar-refractivity contribution in [2.24, 2.45) is 0 Å². The highest BCUT2D eigenvalue weighted by atomic mass is 16.7. The van der Waals surface area contributed by atoms with Crippen LogP contribution in [0.2, 0.25) is 0 Å². The number of nitrogens with zero attached hydrogens (tertiary/aromatic N) is 2. The average Bonchev–Trinajstić information content (AvgIpc) is 3.30. The Labute approximate surface area is 202 Å². The summed E-state index contributed by atoms with van der Waals surface area (Å²) < 4.78 is 16.9. The van der Waals surface area contributed by atoms with Crippen molar-refractivity contribution in [3.05, 3.63) is 82.9 Å². The molecule has 3 aromatic rings. The average molecular weight is 469 g/mol. The number of hydrogen-bond acceptors (Lipinski definition) is 6. The largest absolute Gasteiger partial charge is 0.480 e. The third-order valence-corrected chi connectivity index (χ3v) is 5.99. The number of anilines is 1. The van der Waals surface area contributed by atoms with E-state index in [-0.39, 0.29) is 18.6 Å². The molecule has 0 saturated carbocycles. The van der Waals surface area contributed by atoms with Crippen LogP contribution in [-0.2, 0) is 17.9 Å². The van der Waals surface area contributed by atoms with Crippen molar-refractivity contribution in [3.63, 3.8) is 0 Å². The number of carbonyl (C=O) groups is 2. The van der Waals surface area contributed by atoms with Gasteiger partial charge in [-0.25, -0.2) is 0 Å². The fraction of sp³-hybridized carbons (Fsp3) is 0.222. The first-order chi connectivity index (χ1) is 17.0. The molecule has 0 bridgehead atoms. The molecule has 5 rings (SSSR count). The van der Waals surface area contributed by atoms with Gasteiger partial charge < -0.3 is 24.4 Å². The maximum absolute atomic E-state index is 13.2. The molecule has 1 N–H and O–H groups in total. The zero-order valence-corrected chi connectivity index (χ0v) is 19.1. The Morgan fingerprint density at radius 3 is 2.60 bits per heavy atom. The number of ether oxygens (including phenoxy) is 3. The number of rotatable bonds is 5. The van der Waals surface area contributed by atoms with Crippen molar-refractivity contribution in [2.45, 2.75) is 32.5 Å². The second kappa shape index (κ2) is 9.39. The van der Waals surface area contributed by atoms with E-state index in [0.717, 1.165) is 11.1 Å². The monoisotopic (exact) mass is 469 g/mol. The maximum Gasteiger partial charge on any atom is 0.264 e. The number of amides is 2. The molecule has 8 nitrogen and oxygen atoms in total. The lowest BCUT2D eigenvalue weighted by Gasteiger charge is -2.23. The van der Waals surface area contributed by atoms with Crippen molar-refractivity contribution in [2.75, 3.05) is 12.1 Å². The molecule has 0 fully saturated rings. The summed E-state index contributed by atoms with van der Waals surface area (Å²) in [5.41, 5.74) is 3.24. The van der Waals surface area contributed by atoms with Gasteiger partial charge in [-0.15, -0.1) is 0 Å². The van der Waals surface area contributed by atoms with E-state index < -0.39 is 6.10 Å². The van der Waals surface area contributed by atoms with Gasteiger partial charge >= 0.3 is 0 Å². The molecular formula is C27H23N3O5. The molecule has 0 aliphatic carbocycles. The van der Waals surface area contributed by atoms with Crippen molar-refractivity contribution in [1.82, 2.24) is 4.90 Å². The molecule has 1 atom stereocenters. The predicted molar refractivity (Wildman–Crippen MR) is 127 cm³/mol. The van der Waals surface area contributed by atoms with Crippen LogP contribution in [0, 0.1) is 11.3 Å². The molecule has 8 heteroatoms. The molecule has 2 aliphatic heterocycles. The zero-order valence-electron chi connectivity index (χ0n) is 19.1. The minimum Gasteiger partial charge on any atom is -0.480 e. The minimum atomic E-state index is -0.593. The highest BCUT2D eigenvalue weighted by Crippen LogP contribution is 2.34. The number of carbonyl (C=O) groups excluding carboxylic acids is 2. The van der Waals surface area contributed by atoms with Crippen LogP contribution in [-0.4, -0.2) is 29.6 Å². The van der Waals surface area contributed by atoms with Gasteiger partial charge in [-0.05, 0) is 66.6 Å². The van der Waals surface area contributed by atoms with Crippen molar-refractivity contribution < 1.29 is 23.8 Å². The summed E-state index contributed by atoms with van der Waals surface area (Å²) in [6.45, 7) is 2.83. The van der Waals surface area contributed by atoms with Crippen molar-refractivity contribution in [3.8, 4) is 23.3 Å². The molecule has 176 valence electrons. The van der Waals surface area contributed by atoms with E-state index in [9.17, 15) is 9.59 Å². The topological polar surface area (TPSA) is 101 Å². The van der Waals surface area contributed by atoms with E-state index >= 15 is 0 Å². The fourth-order valence-electron chi connectivity index (χ4n) is 4.14. The van der Waals surface area contributed by atoms with E-state index in [4.69, 9.17) is 19.5 Å². The summed E-state index contributed by atoms with van der Waals surface area (Å²) in [5, 5.41) is 11.8. The Kier molecular flexibility index (Phi) is 5.98. The quantitative estimate of drug-likeness (QED) is 0.600. The summed E-state index contributed by atoms with van der Waals surface area (Å²) in [5.74, 6) is 1.60. The standard InChI is InChI=1S/C27H23N3O5/c1-2-22-27(32)30(14-18-5-9-24-25(11-18)34-16-33-24)15-20-12-21(8-10-23(20)35-22)29-26(31)19-6-3-17(13-28)4-7-19/h3-12,22H,2,14-16H2,1H3,(H,29,31)/t22-/m1/s1. The molecular weight excluding hydrogens is 446 g/mol. The molecule has 35 heavy (non-hydrogen) atoms. The molecule has 2 heterocycles. The van der Waals surface area contributed by atoms with Gasteiger partial charge in [-0.2, -0.15) is 5.26 Å². The predicted octanol–water partition coefficient (Wildman–Crippen LogP) is 4.24. The van der Waals surface area contributed by atoms with Gasteiger partial charge in [0.1, 0.15) is 5.75 Å². The first-order valence-corrected chi connectivity index (χ1v) is 11.3. The van der Waals surface area contributed by atoms with E-state index in [1.165, 1.54) is 0 Å². The summed E-state index contributed by atoms with van der Waals surface area (Å²) in [7, 11) is 0. The van der Waals surface area contributed by atoms with E-state index in [1.54, 1.807) is 41.3 Å². The lowest BCUT2D eigenvalue weighted by Crippen LogP contribution is -2.38. The molecule has 0 saturated heterocycles. The van der Waals surface area contributed by atoms with Crippen LogP contribution in [0.5, 0.6) is 17.2 Å². The Balaban J connectivity index is 1.38. The smallest absolute Gasteiger partial charge is 0.264 e. The second-order valence-electron chi connectivity index (χ2n) is 8.36. The Hall–Kier alpha value is -4.51. The lowest BCUT2D eigenvalue weighted by molar-refractivity contribution is -0.139. The van der Waals surface area contributed by atoms with Crippen LogP contribution in [0.1, 0.15) is 40.4 Å². The van der Waals surface area contributed by atoms with E-state index in [0.29, 0.717) is 53.6 Å². The van der Waals surface area contributed by atoms with E-state index in [2.05, 4.69) is 5.32 Å². The number of benzene rings is 3. The molecule has 2 aliphatic rings. The van der Waals surface area contributed by atoms with Gasteiger partial charge in [-0.3, -0.25) is 9.59 Å². The van der Waals surface area contributed by atoms with Crippen molar-refractivity contribution >= 4 is 17.5 Å². The van der Waals surface area contributed by atoms with Crippen LogP contribution in [0.4, 0.5) is 5.69 Å². The van der Waals surface area contributed by atoms with Gasteiger partial charge in [0.05, 0.1) is 11.6 Å². The summed E-state index contributed by atoms with van der Waals surface area (Å²) in [6.07, 6.45) is -0.0584. The molecule has 3 aromatic carbocycles. The van der Waals surface area contributed by atoms with Crippen LogP contribution in [0.3, 0.4) is 0 Å². The Morgan fingerprint density at radius 1 is 1.06 bits per heavy atom. The Morgan fingerprint density at radius 2 is 1.83 bits per heavy atom. The van der Waals surface area contributed by atoms with Gasteiger partial charge in [0.15, 0.2) is 17.6 Å². The van der Waals surface area contributed by atoms with Crippen LogP contribution in [0.25, 0.3) is 0 Å². The first kappa shape index (κ1) is 22.3. The summed E-state index contributed by atoms with van der Waals surface area (Å²) in [4.78, 5) is 27.7. The molecule has 0 unspecified atom stereocenters. The third kappa shape index (κ3) is 4.62. The second-order valence-corrected chi connectivity index (χ2v) is 8.36. The zero-order chi connectivity index (χ0) is 24.4. The lowest BCUT2D eigenvalue weighted by atomic mass is 10.1. The maximum atomic E-state index is 13.2. The number of nitrogens with one attached hydrogen (secondary N) is 1. The Bertz CT molecular complexity index is 1330. The number of hydrogen-bond donors (Lipinski definition) is 1. The van der Waals surface area contributed by atoms with Crippen LogP contribution >= 0.6 is 0 Å². The van der Waals surface area contributed by atoms with Gasteiger partial charge in [0.2, 0.25) is 6.79 Å². The summed E-state index contributed by atoms with van der Waals surface area (Å²) in [6, 6.07) is 19.5. The van der Waals surface area contributed by atoms with Gasteiger partial charge in [0, 0.05) is 29.9 Å². The summed E-state index contributed by atoms with van der Waals surface area (Å²) >= 11 is 0. The third-order valence-electron chi connectivity index (χ3n) is 5.99. The fourth-order valence-corrected chi connectivity index (χ4v) is 4.14. The molecule has 0 aromatic heterocycles. The normalized spacial score (nSPS) is 16.1. The molecule has 0 radical (unpaired) electrons. The highest BCUT2D eigenvalue weighted by molar-refractivity contribution is 6.04. The first-order valence-electron chi connectivity index (χ1n) is 11.3. The minimum absolute atomic E-state index is 0.0930. The van der Waals surface area contributed by atoms with E-state index in [1.807, 2.05) is 37.3 Å². The number of nitriles is 1. The SMILES string of the molecule is CC[C@H]1Oc2ccc(NC(=O)c3ccc(C#N)cc3)cc2CN(Cc2ccc3c(c2)OCO3)C1=O. The molecule has 2 amide bonds. The van der Waals surface area contributed by atoms with Gasteiger partial charge in [0.25, 0.3) is 11.8 Å². The van der Waals surface area contributed by atoms with Crippen LogP contribution < -0.4 is 19.5 Å². The van der Waals surface area contributed by atoms with Crippen molar-refractivity contribution in [1.29, 1.82) is 5.26 Å². The van der Waals surface area contributed by atoms with Gasteiger partial charge in [-0.1, -0.05) is 13.0 Å².